The van der Waals surface area contributed by atoms with Crippen molar-refractivity contribution in [1.29, 1.82) is 0 Å². The fourth-order valence-corrected chi connectivity index (χ4v) is 1.55. The maximum Gasteiger partial charge on any atom is 0.154 e. The zero-order valence-electron chi connectivity index (χ0n) is 7.11. The lowest BCUT2D eigenvalue weighted by Crippen LogP contribution is -2.07. The molecule has 3 heteroatoms. The molecule has 0 aromatic heterocycles. The lowest BCUT2D eigenvalue weighted by Gasteiger charge is -2.08. The van der Waals surface area contributed by atoms with E-state index in [-0.39, 0.29) is 0 Å². The molecule has 0 aliphatic heterocycles. The van der Waals surface area contributed by atoms with Crippen molar-refractivity contribution in [2.75, 3.05) is 6.26 Å². The molecule has 1 atom stereocenters. The van der Waals surface area contributed by atoms with Crippen molar-refractivity contribution in [3.05, 3.63) is 35.9 Å². The van der Waals surface area contributed by atoms with Gasteiger partial charge < -0.3 is 0 Å². The lowest BCUT2D eigenvalue weighted by atomic mass is 10.2. The summed E-state index contributed by atoms with van der Waals surface area (Å²) in [6.45, 7) is 1.68. The maximum atomic E-state index is 11.1. The van der Waals surface area contributed by atoms with E-state index < -0.39 is 15.1 Å². The number of benzene rings is 1. The first-order chi connectivity index (χ1) is 5.52. The second-order valence-electron chi connectivity index (χ2n) is 2.81. The predicted molar refractivity (Wildman–Crippen MR) is 48.5 cm³/mol. The topological polar surface area (TPSA) is 34.1 Å². The highest BCUT2D eigenvalue weighted by atomic mass is 32.2. The quantitative estimate of drug-likeness (QED) is 0.697. The fraction of sp³-hybridized carbons (Fsp3) is 0.333. The average molecular weight is 183 g/mol. The molecule has 0 saturated heterocycles. The van der Waals surface area contributed by atoms with Gasteiger partial charge in [-0.05, 0) is 24.6 Å². The van der Waals surface area contributed by atoms with Crippen molar-refractivity contribution >= 4 is 9.84 Å². The van der Waals surface area contributed by atoms with Crippen LogP contribution in [0, 0.1) is 6.07 Å². The standard InChI is InChI=1S/C9H11O2S/c1-8(12(2,10)11)9-6-4-3-5-7-9/h3-4,6-8H,1-2H3. The van der Waals surface area contributed by atoms with Crippen molar-refractivity contribution in [3.63, 3.8) is 0 Å². The van der Waals surface area contributed by atoms with Gasteiger partial charge in [0.25, 0.3) is 0 Å². The molecule has 0 bridgehead atoms. The van der Waals surface area contributed by atoms with E-state index in [1.165, 1.54) is 6.26 Å². The molecule has 1 unspecified atom stereocenters. The maximum absolute atomic E-state index is 11.1. The van der Waals surface area contributed by atoms with Gasteiger partial charge in [0.2, 0.25) is 0 Å². The van der Waals surface area contributed by atoms with Crippen LogP contribution in [0.4, 0.5) is 0 Å². The Labute approximate surface area is 73.2 Å². The summed E-state index contributed by atoms with van der Waals surface area (Å²) in [6, 6.07) is 9.88. The average Bonchev–Trinajstić information content (AvgIpc) is 2.03. The summed E-state index contributed by atoms with van der Waals surface area (Å²) in [7, 11) is -2.98. The molecule has 12 heavy (non-hydrogen) atoms. The minimum atomic E-state index is -2.98. The van der Waals surface area contributed by atoms with Gasteiger partial charge in [-0.25, -0.2) is 8.42 Å². The summed E-state index contributed by atoms with van der Waals surface area (Å²) < 4.78 is 22.2. The van der Waals surface area contributed by atoms with Crippen LogP contribution in [0.1, 0.15) is 17.7 Å². The van der Waals surface area contributed by atoms with E-state index in [0.717, 1.165) is 5.56 Å². The van der Waals surface area contributed by atoms with E-state index >= 15 is 0 Å². The van der Waals surface area contributed by atoms with Gasteiger partial charge in [0.05, 0.1) is 5.25 Å². The van der Waals surface area contributed by atoms with Crippen molar-refractivity contribution < 1.29 is 8.42 Å². The monoisotopic (exact) mass is 183 g/mol. The van der Waals surface area contributed by atoms with Crippen LogP contribution in [0.15, 0.2) is 24.3 Å². The molecule has 0 aliphatic carbocycles. The van der Waals surface area contributed by atoms with E-state index in [4.69, 9.17) is 0 Å². The van der Waals surface area contributed by atoms with Gasteiger partial charge in [0.15, 0.2) is 9.84 Å². The van der Waals surface area contributed by atoms with Gasteiger partial charge in [-0.15, -0.1) is 0 Å². The molecule has 0 spiro atoms. The highest BCUT2D eigenvalue weighted by Gasteiger charge is 2.15. The third-order valence-corrected chi connectivity index (χ3v) is 3.40. The summed E-state index contributed by atoms with van der Waals surface area (Å²) in [4.78, 5) is 0. The minimum absolute atomic E-state index is 0.435. The Morgan fingerprint density at radius 2 is 2.17 bits per heavy atom. The summed E-state index contributed by atoms with van der Waals surface area (Å²) >= 11 is 0. The van der Waals surface area contributed by atoms with E-state index in [0.29, 0.717) is 0 Å². The highest BCUT2D eigenvalue weighted by molar-refractivity contribution is 7.90. The van der Waals surface area contributed by atoms with Gasteiger partial charge in [0, 0.05) is 6.26 Å². The summed E-state index contributed by atoms with van der Waals surface area (Å²) in [5, 5.41) is -0.435. The van der Waals surface area contributed by atoms with Crippen LogP contribution in [0.25, 0.3) is 0 Å². The number of sulfone groups is 1. The lowest BCUT2D eigenvalue weighted by molar-refractivity contribution is 0.592. The predicted octanol–water partition coefficient (Wildman–Crippen LogP) is 1.59. The third kappa shape index (κ3) is 2.08. The van der Waals surface area contributed by atoms with Crippen molar-refractivity contribution in [1.82, 2.24) is 0 Å². The molecular weight excluding hydrogens is 172 g/mol. The summed E-state index contributed by atoms with van der Waals surface area (Å²) in [5.74, 6) is 0. The molecule has 65 valence electrons. The molecule has 0 aliphatic rings. The molecule has 0 saturated carbocycles. The SMILES string of the molecule is CC(c1c[c]ccc1)S(C)(=O)=O. The van der Waals surface area contributed by atoms with Crippen LogP contribution < -0.4 is 0 Å². The molecule has 0 N–H and O–H groups in total. The molecule has 1 rings (SSSR count). The van der Waals surface area contributed by atoms with Crippen LogP contribution >= 0.6 is 0 Å². The highest BCUT2D eigenvalue weighted by Crippen LogP contribution is 2.19. The second kappa shape index (κ2) is 3.27. The third-order valence-electron chi connectivity index (χ3n) is 1.84. The molecule has 0 heterocycles. The Hall–Kier alpha value is -0.830. The Balaban J connectivity index is 3.02. The fourth-order valence-electron chi connectivity index (χ4n) is 0.907. The van der Waals surface area contributed by atoms with Gasteiger partial charge >= 0.3 is 0 Å². The Morgan fingerprint density at radius 1 is 1.50 bits per heavy atom. The van der Waals surface area contributed by atoms with Crippen LogP contribution in [0.2, 0.25) is 0 Å². The molecule has 1 radical (unpaired) electrons. The Morgan fingerprint density at radius 3 is 2.58 bits per heavy atom. The van der Waals surface area contributed by atoms with Gasteiger partial charge in [-0.1, -0.05) is 18.2 Å². The van der Waals surface area contributed by atoms with Crippen molar-refractivity contribution in [2.45, 2.75) is 12.2 Å². The van der Waals surface area contributed by atoms with Crippen molar-refractivity contribution in [2.24, 2.45) is 0 Å². The van der Waals surface area contributed by atoms with E-state index in [1.54, 1.807) is 31.2 Å². The van der Waals surface area contributed by atoms with Crippen molar-refractivity contribution in [3.8, 4) is 0 Å². The molecular formula is C9H11O2S. The molecule has 1 aromatic carbocycles. The van der Waals surface area contributed by atoms with Crippen LogP contribution in [0.5, 0.6) is 0 Å². The minimum Gasteiger partial charge on any atom is -0.229 e. The smallest absolute Gasteiger partial charge is 0.154 e. The molecule has 0 fully saturated rings. The number of hydrogen-bond acceptors (Lipinski definition) is 2. The van der Waals surface area contributed by atoms with E-state index in [2.05, 4.69) is 6.07 Å². The summed E-state index contributed by atoms with van der Waals surface area (Å²) in [5.41, 5.74) is 0.792. The number of hydrogen-bond donors (Lipinski definition) is 0. The first kappa shape index (κ1) is 9.26. The van der Waals surface area contributed by atoms with Gasteiger partial charge in [0.1, 0.15) is 0 Å². The normalized spacial score (nSPS) is 14.2. The zero-order valence-corrected chi connectivity index (χ0v) is 7.93. The second-order valence-corrected chi connectivity index (χ2v) is 5.17. The zero-order chi connectivity index (χ0) is 9.19. The molecule has 0 amide bonds. The van der Waals surface area contributed by atoms with E-state index in [9.17, 15) is 8.42 Å². The molecule has 2 nitrogen and oxygen atoms in total. The first-order valence-corrected chi connectivity index (χ1v) is 5.62. The molecule has 1 aromatic rings. The first-order valence-electron chi connectivity index (χ1n) is 3.66. The van der Waals surface area contributed by atoms with Gasteiger partial charge in [-0.2, -0.15) is 0 Å². The largest absolute Gasteiger partial charge is 0.229 e. The van der Waals surface area contributed by atoms with Crippen LogP contribution in [-0.4, -0.2) is 14.7 Å². The Kier molecular flexibility index (Phi) is 2.52. The number of rotatable bonds is 2. The summed E-state index contributed by atoms with van der Waals surface area (Å²) in [6.07, 6.45) is 1.24. The van der Waals surface area contributed by atoms with Crippen LogP contribution in [-0.2, 0) is 9.84 Å². The Bertz CT molecular complexity index is 340. The van der Waals surface area contributed by atoms with E-state index in [1.807, 2.05) is 0 Å². The van der Waals surface area contributed by atoms with Crippen LogP contribution in [0.3, 0.4) is 0 Å². The van der Waals surface area contributed by atoms with Gasteiger partial charge in [-0.3, -0.25) is 0 Å².